The highest BCUT2D eigenvalue weighted by Crippen LogP contribution is 2.38. The molecule has 1 spiro atoms. The smallest absolute Gasteiger partial charge is 0.252 e. The SMILES string of the molecule is CC1CCC2(NC(=NC3CC3)NC2=O)C(C)C1. The van der Waals surface area contributed by atoms with Gasteiger partial charge < -0.3 is 5.32 Å². The van der Waals surface area contributed by atoms with Gasteiger partial charge in [0.15, 0.2) is 5.96 Å². The molecule has 1 heterocycles. The van der Waals surface area contributed by atoms with E-state index in [-0.39, 0.29) is 11.4 Å². The minimum atomic E-state index is -0.375. The summed E-state index contributed by atoms with van der Waals surface area (Å²) >= 11 is 0. The summed E-state index contributed by atoms with van der Waals surface area (Å²) in [7, 11) is 0. The van der Waals surface area contributed by atoms with E-state index in [4.69, 9.17) is 0 Å². The molecular formula is C13H21N3O. The Hall–Kier alpha value is -1.06. The van der Waals surface area contributed by atoms with Gasteiger partial charge in [0.1, 0.15) is 5.54 Å². The highest BCUT2D eigenvalue weighted by molar-refractivity contribution is 6.09. The topological polar surface area (TPSA) is 53.5 Å². The van der Waals surface area contributed by atoms with Crippen LogP contribution in [0.5, 0.6) is 0 Å². The fourth-order valence-electron chi connectivity index (χ4n) is 3.14. The first-order chi connectivity index (χ1) is 8.10. The summed E-state index contributed by atoms with van der Waals surface area (Å²) in [6.45, 7) is 4.46. The van der Waals surface area contributed by atoms with Crippen LogP contribution in [0.2, 0.25) is 0 Å². The van der Waals surface area contributed by atoms with Gasteiger partial charge in [0.25, 0.3) is 5.91 Å². The molecule has 0 aromatic heterocycles. The third-order valence-corrected chi connectivity index (χ3v) is 4.47. The van der Waals surface area contributed by atoms with Gasteiger partial charge in [-0.2, -0.15) is 0 Å². The molecule has 1 amide bonds. The summed E-state index contributed by atoms with van der Waals surface area (Å²) < 4.78 is 0. The van der Waals surface area contributed by atoms with Crippen molar-refractivity contribution in [1.29, 1.82) is 0 Å². The molecule has 3 aliphatic rings. The van der Waals surface area contributed by atoms with Gasteiger partial charge in [-0.1, -0.05) is 13.8 Å². The number of carbonyl (C=O) groups is 1. The van der Waals surface area contributed by atoms with Gasteiger partial charge in [0, 0.05) is 0 Å². The van der Waals surface area contributed by atoms with E-state index in [2.05, 4.69) is 29.5 Å². The molecule has 3 fully saturated rings. The van der Waals surface area contributed by atoms with Crippen molar-refractivity contribution in [2.24, 2.45) is 16.8 Å². The number of aliphatic imine (C=N–C) groups is 1. The van der Waals surface area contributed by atoms with E-state index in [1.54, 1.807) is 0 Å². The van der Waals surface area contributed by atoms with Crippen molar-refractivity contribution >= 4 is 11.9 Å². The van der Waals surface area contributed by atoms with E-state index in [1.165, 1.54) is 12.8 Å². The summed E-state index contributed by atoms with van der Waals surface area (Å²) in [4.78, 5) is 16.7. The minimum absolute atomic E-state index is 0.135. The quantitative estimate of drug-likeness (QED) is 0.722. The lowest BCUT2D eigenvalue weighted by atomic mass is 9.70. The van der Waals surface area contributed by atoms with Crippen LogP contribution in [-0.4, -0.2) is 23.4 Å². The van der Waals surface area contributed by atoms with Gasteiger partial charge in [-0.15, -0.1) is 0 Å². The molecule has 1 aliphatic heterocycles. The van der Waals surface area contributed by atoms with Crippen molar-refractivity contribution in [3.05, 3.63) is 0 Å². The zero-order valence-corrected chi connectivity index (χ0v) is 10.6. The maximum absolute atomic E-state index is 12.2. The lowest BCUT2D eigenvalue weighted by Gasteiger charge is -2.39. The first-order valence-electron chi connectivity index (χ1n) is 6.77. The number of rotatable bonds is 1. The zero-order chi connectivity index (χ0) is 12.0. The lowest BCUT2D eigenvalue weighted by Crippen LogP contribution is -2.54. The molecule has 0 radical (unpaired) electrons. The fourth-order valence-corrected chi connectivity index (χ4v) is 3.14. The third kappa shape index (κ3) is 1.83. The van der Waals surface area contributed by atoms with Gasteiger partial charge in [-0.25, -0.2) is 4.99 Å². The van der Waals surface area contributed by atoms with E-state index in [0.29, 0.717) is 12.0 Å². The number of nitrogens with one attached hydrogen (secondary N) is 2. The average Bonchev–Trinajstić information content (AvgIpc) is 3.00. The van der Waals surface area contributed by atoms with Crippen LogP contribution in [0.4, 0.5) is 0 Å². The molecule has 3 rings (SSSR count). The number of carbonyl (C=O) groups excluding carboxylic acids is 1. The number of amides is 1. The van der Waals surface area contributed by atoms with Gasteiger partial charge in [-0.05, 0) is 43.9 Å². The molecule has 2 aliphatic carbocycles. The van der Waals surface area contributed by atoms with Gasteiger partial charge in [-0.3, -0.25) is 10.1 Å². The van der Waals surface area contributed by atoms with Crippen molar-refractivity contribution in [3.8, 4) is 0 Å². The molecule has 1 saturated heterocycles. The van der Waals surface area contributed by atoms with Gasteiger partial charge >= 0.3 is 0 Å². The highest BCUT2D eigenvalue weighted by Gasteiger charge is 2.51. The molecule has 2 saturated carbocycles. The van der Waals surface area contributed by atoms with Crippen LogP contribution in [0.3, 0.4) is 0 Å². The van der Waals surface area contributed by atoms with Crippen molar-refractivity contribution in [3.63, 3.8) is 0 Å². The van der Waals surface area contributed by atoms with E-state index < -0.39 is 0 Å². The summed E-state index contributed by atoms with van der Waals surface area (Å²) in [6, 6.07) is 0.450. The maximum atomic E-state index is 12.2. The Labute approximate surface area is 102 Å². The van der Waals surface area contributed by atoms with Crippen molar-refractivity contribution in [2.45, 2.75) is 57.5 Å². The maximum Gasteiger partial charge on any atom is 0.252 e. The molecule has 4 nitrogen and oxygen atoms in total. The lowest BCUT2D eigenvalue weighted by molar-refractivity contribution is -0.127. The molecule has 0 aromatic rings. The summed E-state index contributed by atoms with van der Waals surface area (Å²) in [5.41, 5.74) is -0.375. The largest absolute Gasteiger partial charge is 0.341 e. The van der Waals surface area contributed by atoms with Crippen LogP contribution in [0.25, 0.3) is 0 Å². The van der Waals surface area contributed by atoms with Crippen molar-refractivity contribution in [2.75, 3.05) is 0 Å². The van der Waals surface area contributed by atoms with Crippen LogP contribution in [0.1, 0.15) is 46.0 Å². The Morgan fingerprint density at radius 2 is 2.06 bits per heavy atom. The van der Waals surface area contributed by atoms with Crippen LogP contribution in [-0.2, 0) is 4.79 Å². The van der Waals surface area contributed by atoms with Crippen LogP contribution in [0.15, 0.2) is 4.99 Å². The first-order valence-corrected chi connectivity index (χ1v) is 6.77. The molecule has 2 N–H and O–H groups in total. The van der Waals surface area contributed by atoms with Crippen LogP contribution < -0.4 is 10.6 Å². The first kappa shape index (κ1) is 11.1. The molecule has 0 bridgehead atoms. The van der Waals surface area contributed by atoms with Crippen LogP contribution >= 0.6 is 0 Å². The molecule has 4 heteroatoms. The van der Waals surface area contributed by atoms with E-state index in [0.717, 1.165) is 31.1 Å². The Kier molecular flexibility index (Phi) is 2.42. The minimum Gasteiger partial charge on any atom is -0.341 e. The average molecular weight is 235 g/mol. The predicted octanol–water partition coefficient (Wildman–Crippen LogP) is 1.42. The Bertz CT molecular complexity index is 375. The molecular weight excluding hydrogens is 214 g/mol. The monoisotopic (exact) mass is 235 g/mol. The highest BCUT2D eigenvalue weighted by atomic mass is 16.2. The second-order valence-corrected chi connectivity index (χ2v) is 6.04. The van der Waals surface area contributed by atoms with E-state index in [1.807, 2.05) is 0 Å². The van der Waals surface area contributed by atoms with E-state index in [9.17, 15) is 4.79 Å². The third-order valence-electron chi connectivity index (χ3n) is 4.47. The summed E-state index contributed by atoms with van der Waals surface area (Å²) in [5, 5.41) is 6.32. The fraction of sp³-hybridized carbons (Fsp3) is 0.846. The van der Waals surface area contributed by atoms with Crippen LogP contribution in [0, 0.1) is 11.8 Å². The zero-order valence-electron chi connectivity index (χ0n) is 10.6. The Morgan fingerprint density at radius 1 is 1.29 bits per heavy atom. The molecule has 94 valence electrons. The van der Waals surface area contributed by atoms with Gasteiger partial charge in [0.2, 0.25) is 0 Å². The van der Waals surface area contributed by atoms with Crippen molar-refractivity contribution in [1.82, 2.24) is 10.6 Å². The second kappa shape index (κ2) is 3.72. The number of nitrogens with zero attached hydrogens (tertiary/aromatic N) is 1. The normalized spacial score (nSPS) is 43.9. The molecule has 3 atom stereocenters. The van der Waals surface area contributed by atoms with Gasteiger partial charge in [0.05, 0.1) is 6.04 Å². The second-order valence-electron chi connectivity index (χ2n) is 6.04. The Morgan fingerprint density at radius 3 is 2.71 bits per heavy atom. The standard InChI is InChI=1S/C13H21N3O/c1-8-5-6-13(9(2)7-8)11(17)15-12(16-13)14-10-3-4-10/h8-10H,3-7H2,1-2H3,(H2,14,15,16,17). The molecule has 3 unspecified atom stereocenters. The molecule has 17 heavy (non-hydrogen) atoms. The number of guanidine groups is 1. The molecule has 0 aromatic carbocycles. The summed E-state index contributed by atoms with van der Waals surface area (Å²) in [5.74, 6) is 1.98. The van der Waals surface area contributed by atoms with Crippen molar-refractivity contribution < 1.29 is 4.79 Å². The Balaban J connectivity index is 1.80. The number of hydrogen-bond donors (Lipinski definition) is 2. The predicted molar refractivity (Wildman–Crippen MR) is 66.6 cm³/mol. The number of hydrogen-bond acceptors (Lipinski definition) is 2. The van der Waals surface area contributed by atoms with E-state index >= 15 is 0 Å². The summed E-state index contributed by atoms with van der Waals surface area (Å²) in [6.07, 6.45) is 5.52.